The second kappa shape index (κ2) is 33.7. The molecule has 0 rings (SSSR count). The molecule has 0 unspecified atom stereocenters. The molecule has 4 N–H and O–H groups in total. The number of rotatable bonds is 38. The van der Waals surface area contributed by atoms with Crippen molar-refractivity contribution in [3.63, 3.8) is 0 Å². The van der Waals surface area contributed by atoms with Gasteiger partial charge >= 0.3 is 0 Å². The van der Waals surface area contributed by atoms with Gasteiger partial charge in [0.2, 0.25) is 0 Å². The van der Waals surface area contributed by atoms with Crippen LogP contribution in [0.25, 0.3) is 0 Å². The summed E-state index contributed by atoms with van der Waals surface area (Å²) in [4.78, 5) is 0. The van der Waals surface area contributed by atoms with Gasteiger partial charge in [-0.2, -0.15) is 0 Å². The number of hydrogen-bond acceptors (Lipinski definition) is 5. The Morgan fingerprint density at radius 2 is 0.467 bits per heavy atom. The van der Waals surface area contributed by atoms with Crippen LogP contribution in [-0.2, 0) is 4.74 Å². The molecule has 0 bridgehead atoms. The molecule has 45 heavy (non-hydrogen) atoms. The van der Waals surface area contributed by atoms with Gasteiger partial charge in [-0.25, -0.2) is 0 Å². The maximum atomic E-state index is 10.2. The van der Waals surface area contributed by atoms with E-state index >= 15 is 0 Å². The van der Waals surface area contributed by atoms with E-state index < -0.39 is 11.6 Å². The highest BCUT2D eigenvalue weighted by molar-refractivity contribution is 4.68. The average Bonchev–Trinajstić information content (AvgIpc) is 3.00. The molecule has 0 fully saturated rings. The van der Waals surface area contributed by atoms with E-state index in [-0.39, 0.29) is 26.1 Å². The molecule has 0 spiro atoms. The SMILES string of the molecule is CCCCCCCCCCCCCCCCCCC(O)(O)COCC(O)(O)CCCCCCCCCCCCCCCCCC. The van der Waals surface area contributed by atoms with Crippen molar-refractivity contribution in [2.75, 3.05) is 13.2 Å². The molecular formula is C40H82O5. The van der Waals surface area contributed by atoms with Crippen LogP contribution in [0.4, 0.5) is 0 Å². The van der Waals surface area contributed by atoms with Crippen molar-refractivity contribution in [1.82, 2.24) is 0 Å². The largest absolute Gasteiger partial charge is 0.370 e. The molecule has 0 aliphatic rings. The zero-order chi connectivity index (χ0) is 33.2. The Morgan fingerprint density at radius 3 is 0.667 bits per heavy atom. The molecule has 0 aromatic heterocycles. The Hall–Kier alpha value is -0.200. The molecule has 0 radical (unpaired) electrons. The zero-order valence-electron chi connectivity index (χ0n) is 30.7. The van der Waals surface area contributed by atoms with Crippen LogP contribution < -0.4 is 0 Å². The first-order chi connectivity index (χ1) is 21.8. The zero-order valence-corrected chi connectivity index (χ0v) is 30.7. The van der Waals surface area contributed by atoms with Crippen molar-refractivity contribution in [3.8, 4) is 0 Å². The maximum absolute atomic E-state index is 10.2. The molecule has 0 aromatic rings. The highest BCUT2D eigenvalue weighted by Crippen LogP contribution is 2.19. The number of hydrogen-bond donors (Lipinski definition) is 4. The summed E-state index contributed by atoms with van der Waals surface area (Å²) >= 11 is 0. The predicted molar refractivity (Wildman–Crippen MR) is 193 cm³/mol. The summed E-state index contributed by atoms with van der Waals surface area (Å²) in [6, 6.07) is 0. The quantitative estimate of drug-likeness (QED) is 0.0397. The summed E-state index contributed by atoms with van der Waals surface area (Å²) in [5.41, 5.74) is 0. The van der Waals surface area contributed by atoms with Gasteiger partial charge in [-0.3, -0.25) is 0 Å². The second-order valence-corrected chi connectivity index (χ2v) is 14.6. The minimum absolute atomic E-state index is 0.258. The van der Waals surface area contributed by atoms with Gasteiger partial charge in [0.05, 0.1) is 0 Å². The molecule has 272 valence electrons. The van der Waals surface area contributed by atoms with Gasteiger partial charge < -0.3 is 25.2 Å². The second-order valence-electron chi connectivity index (χ2n) is 14.6. The van der Waals surface area contributed by atoms with E-state index in [9.17, 15) is 20.4 Å². The molecule has 0 amide bonds. The van der Waals surface area contributed by atoms with E-state index in [0.29, 0.717) is 0 Å². The lowest BCUT2D eigenvalue weighted by Crippen LogP contribution is -2.39. The lowest BCUT2D eigenvalue weighted by atomic mass is 10.0. The summed E-state index contributed by atoms with van der Waals surface area (Å²) < 4.78 is 5.32. The Morgan fingerprint density at radius 1 is 0.289 bits per heavy atom. The van der Waals surface area contributed by atoms with Crippen LogP contribution >= 0.6 is 0 Å². The Bertz CT molecular complexity index is 517. The van der Waals surface area contributed by atoms with Gasteiger partial charge in [0.1, 0.15) is 13.2 Å². The summed E-state index contributed by atoms with van der Waals surface area (Å²) in [5.74, 6) is -3.80. The van der Waals surface area contributed by atoms with Crippen molar-refractivity contribution in [3.05, 3.63) is 0 Å². The van der Waals surface area contributed by atoms with Crippen molar-refractivity contribution < 1.29 is 25.2 Å². The first-order valence-electron chi connectivity index (χ1n) is 20.3. The average molecular weight is 643 g/mol. The van der Waals surface area contributed by atoms with E-state index in [4.69, 9.17) is 4.74 Å². The van der Waals surface area contributed by atoms with Crippen LogP contribution in [0.5, 0.6) is 0 Å². The topological polar surface area (TPSA) is 90.2 Å². The highest BCUT2D eigenvalue weighted by Gasteiger charge is 2.27. The number of unbranched alkanes of at least 4 members (excludes halogenated alkanes) is 30. The van der Waals surface area contributed by atoms with E-state index in [1.807, 2.05) is 0 Å². The normalized spacial score (nSPS) is 12.4. The summed E-state index contributed by atoms with van der Waals surface area (Å²) in [6.07, 6.45) is 41.6. The lowest BCUT2D eigenvalue weighted by Gasteiger charge is -2.26. The lowest BCUT2D eigenvalue weighted by molar-refractivity contribution is -0.242. The van der Waals surface area contributed by atoms with E-state index in [1.54, 1.807) is 0 Å². The van der Waals surface area contributed by atoms with Crippen LogP contribution in [0.2, 0.25) is 0 Å². The molecule has 0 heterocycles. The predicted octanol–water partition coefficient (Wildman–Crippen LogP) is 11.7. The van der Waals surface area contributed by atoms with Crippen molar-refractivity contribution in [2.24, 2.45) is 0 Å². The fourth-order valence-electron chi connectivity index (χ4n) is 6.43. The maximum Gasteiger partial charge on any atom is 0.186 e. The van der Waals surface area contributed by atoms with Gasteiger partial charge in [0.25, 0.3) is 0 Å². The fraction of sp³-hybridized carbons (Fsp3) is 1.00. The third-order valence-electron chi connectivity index (χ3n) is 9.53. The smallest absolute Gasteiger partial charge is 0.186 e. The van der Waals surface area contributed by atoms with Gasteiger partial charge in [-0.15, -0.1) is 0 Å². The van der Waals surface area contributed by atoms with Crippen molar-refractivity contribution in [2.45, 2.75) is 244 Å². The highest BCUT2D eigenvalue weighted by atomic mass is 16.6. The van der Waals surface area contributed by atoms with Crippen LogP contribution in [0, 0.1) is 0 Å². The Kier molecular flexibility index (Phi) is 33.5. The van der Waals surface area contributed by atoms with Crippen LogP contribution in [0.3, 0.4) is 0 Å². The minimum atomic E-state index is -1.90. The first kappa shape index (κ1) is 44.8. The molecular weight excluding hydrogens is 560 g/mol. The minimum Gasteiger partial charge on any atom is -0.370 e. The molecule has 5 heteroatoms. The van der Waals surface area contributed by atoms with Crippen LogP contribution in [0.15, 0.2) is 0 Å². The molecule has 0 saturated carbocycles. The monoisotopic (exact) mass is 643 g/mol. The molecule has 0 atom stereocenters. The van der Waals surface area contributed by atoms with Crippen LogP contribution in [0.1, 0.15) is 232 Å². The molecule has 0 saturated heterocycles. The summed E-state index contributed by atoms with van der Waals surface area (Å²) in [7, 11) is 0. The van der Waals surface area contributed by atoms with E-state index in [0.717, 1.165) is 38.5 Å². The summed E-state index contributed by atoms with van der Waals surface area (Å²) in [6.45, 7) is 3.98. The van der Waals surface area contributed by atoms with E-state index in [2.05, 4.69) is 13.8 Å². The first-order valence-corrected chi connectivity index (χ1v) is 20.3. The van der Waals surface area contributed by atoms with Gasteiger partial charge in [0, 0.05) is 12.8 Å². The van der Waals surface area contributed by atoms with Crippen LogP contribution in [-0.4, -0.2) is 45.2 Å². The third kappa shape index (κ3) is 36.5. The fourth-order valence-corrected chi connectivity index (χ4v) is 6.43. The molecule has 0 aromatic carbocycles. The van der Waals surface area contributed by atoms with Crippen molar-refractivity contribution in [1.29, 1.82) is 0 Å². The van der Waals surface area contributed by atoms with Gasteiger partial charge in [-0.1, -0.05) is 206 Å². The molecule has 0 aliphatic heterocycles. The number of aliphatic hydroxyl groups is 4. The number of ether oxygens (including phenoxy) is 1. The van der Waals surface area contributed by atoms with Gasteiger partial charge in [0.15, 0.2) is 11.6 Å². The molecule has 5 nitrogen and oxygen atoms in total. The summed E-state index contributed by atoms with van der Waals surface area (Å²) in [5, 5.41) is 40.9. The molecule has 0 aliphatic carbocycles. The van der Waals surface area contributed by atoms with Gasteiger partial charge in [-0.05, 0) is 12.8 Å². The Balaban J connectivity index is 3.49. The van der Waals surface area contributed by atoms with Crippen molar-refractivity contribution >= 4 is 0 Å². The third-order valence-corrected chi connectivity index (χ3v) is 9.53. The Labute approximate surface area is 281 Å². The standard InChI is InChI=1S/C40H82O5/c1-3-5-7-9-11-13-15-17-19-21-23-25-27-29-31-33-35-39(41,42)37-45-38-40(43,44)36-34-32-30-28-26-24-22-20-18-16-14-12-10-8-6-4-2/h41-44H,3-38H2,1-2H3. The van der Waals surface area contributed by atoms with E-state index in [1.165, 1.54) is 167 Å².